The van der Waals surface area contributed by atoms with E-state index < -0.39 is 12.1 Å². The molecule has 2 aromatic carbocycles. The van der Waals surface area contributed by atoms with Crippen molar-refractivity contribution in [1.29, 1.82) is 0 Å². The highest BCUT2D eigenvalue weighted by molar-refractivity contribution is 6.33. The van der Waals surface area contributed by atoms with Crippen LogP contribution in [-0.4, -0.2) is 6.18 Å². The molecule has 2 aromatic rings. The molecule has 0 aliphatic carbocycles. The SMILES string of the molecule is CCCC(c1ccc(-c2ccccc2Cl)cc1)C(F)(F)F. The molecule has 0 aromatic heterocycles. The molecular formula is C17H16ClF3. The molecule has 0 aliphatic rings. The highest BCUT2D eigenvalue weighted by atomic mass is 35.5. The van der Waals surface area contributed by atoms with Gasteiger partial charge in [0.05, 0.1) is 5.92 Å². The Kier molecular flexibility index (Phi) is 4.94. The maximum absolute atomic E-state index is 13.1. The molecule has 0 nitrogen and oxygen atoms in total. The average molecular weight is 313 g/mol. The van der Waals surface area contributed by atoms with Gasteiger partial charge in [0, 0.05) is 10.6 Å². The van der Waals surface area contributed by atoms with Crippen LogP contribution in [0.5, 0.6) is 0 Å². The lowest BCUT2D eigenvalue weighted by Crippen LogP contribution is -2.20. The van der Waals surface area contributed by atoms with Gasteiger partial charge in [-0.3, -0.25) is 0 Å². The number of halogens is 4. The van der Waals surface area contributed by atoms with Crippen molar-refractivity contribution in [2.45, 2.75) is 31.9 Å². The molecule has 0 amide bonds. The van der Waals surface area contributed by atoms with Gasteiger partial charge in [-0.05, 0) is 23.6 Å². The van der Waals surface area contributed by atoms with Crippen molar-refractivity contribution in [3.05, 3.63) is 59.1 Å². The van der Waals surface area contributed by atoms with Gasteiger partial charge in [0.1, 0.15) is 0 Å². The molecule has 21 heavy (non-hydrogen) atoms. The third kappa shape index (κ3) is 3.79. The third-order valence-electron chi connectivity index (χ3n) is 3.47. The summed E-state index contributed by atoms with van der Waals surface area (Å²) in [6, 6.07) is 13.8. The summed E-state index contributed by atoms with van der Waals surface area (Å²) in [4.78, 5) is 0. The Bertz CT molecular complexity index is 588. The van der Waals surface area contributed by atoms with Gasteiger partial charge in [-0.1, -0.05) is 67.4 Å². The smallest absolute Gasteiger partial charge is 0.170 e. The van der Waals surface area contributed by atoms with Gasteiger partial charge in [-0.2, -0.15) is 13.2 Å². The highest BCUT2D eigenvalue weighted by Crippen LogP contribution is 2.39. The normalized spacial score (nSPS) is 13.2. The van der Waals surface area contributed by atoms with Gasteiger partial charge >= 0.3 is 6.18 Å². The number of benzene rings is 2. The molecule has 4 heteroatoms. The van der Waals surface area contributed by atoms with Crippen LogP contribution in [-0.2, 0) is 0 Å². The van der Waals surface area contributed by atoms with Crippen LogP contribution in [0.15, 0.2) is 48.5 Å². The first kappa shape index (κ1) is 15.9. The summed E-state index contributed by atoms with van der Waals surface area (Å²) in [6.07, 6.45) is -3.60. The van der Waals surface area contributed by atoms with Crippen LogP contribution >= 0.6 is 11.6 Å². The van der Waals surface area contributed by atoms with Crippen LogP contribution in [0.4, 0.5) is 13.2 Å². The minimum Gasteiger partial charge on any atom is -0.170 e. The van der Waals surface area contributed by atoms with Crippen molar-refractivity contribution in [1.82, 2.24) is 0 Å². The molecule has 0 aliphatic heterocycles. The van der Waals surface area contributed by atoms with Gasteiger partial charge < -0.3 is 0 Å². The first-order valence-electron chi connectivity index (χ1n) is 6.85. The fourth-order valence-electron chi connectivity index (χ4n) is 2.40. The molecule has 0 bridgehead atoms. The molecule has 0 spiro atoms. The zero-order valence-corrected chi connectivity index (χ0v) is 12.4. The fraction of sp³-hybridized carbons (Fsp3) is 0.294. The molecule has 0 saturated carbocycles. The molecule has 0 radical (unpaired) electrons. The molecule has 0 saturated heterocycles. The Morgan fingerprint density at radius 1 is 1.00 bits per heavy atom. The van der Waals surface area contributed by atoms with E-state index in [0.717, 1.165) is 11.1 Å². The lowest BCUT2D eigenvalue weighted by molar-refractivity contribution is -0.152. The van der Waals surface area contributed by atoms with Gasteiger partial charge in [0.2, 0.25) is 0 Å². The first-order chi connectivity index (χ1) is 9.93. The summed E-state index contributed by atoms with van der Waals surface area (Å²) in [5.74, 6) is -1.40. The maximum Gasteiger partial charge on any atom is 0.395 e. The number of alkyl halides is 3. The van der Waals surface area contributed by atoms with Gasteiger partial charge in [-0.25, -0.2) is 0 Å². The van der Waals surface area contributed by atoms with Crippen molar-refractivity contribution >= 4 is 11.6 Å². The summed E-state index contributed by atoms with van der Waals surface area (Å²) >= 11 is 6.10. The summed E-state index contributed by atoms with van der Waals surface area (Å²) in [5.41, 5.74) is 1.95. The predicted molar refractivity (Wildman–Crippen MR) is 80.6 cm³/mol. The Labute approximate surface area is 127 Å². The summed E-state index contributed by atoms with van der Waals surface area (Å²) in [5, 5.41) is 0.589. The molecular weight excluding hydrogens is 297 g/mol. The first-order valence-corrected chi connectivity index (χ1v) is 7.23. The quantitative estimate of drug-likeness (QED) is 0.608. The van der Waals surface area contributed by atoms with E-state index in [1.54, 1.807) is 37.3 Å². The molecule has 0 N–H and O–H groups in total. The third-order valence-corrected chi connectivity index (χ3v) is 3.80. The summed E-state index contributed by atoms with van der Waals surface area (Å²) in [7, 11) is 0. The summed E-state index contributed by atoms with van der Waals surface area (Å²) < 4.78 is 39.2. The Morgan fingerprint density at radius 3 is 2.14 bits per heavy atom. The Hall–Kier alpha value is -1.48. The number of hydrogen-bond acceptors (Lipinski definition) is 0. The molecule has 2 rings (SSSR count). The monoisotopic (exact) mass is 312 g/mol. The average Bonchev–Trinajstić information content (AvgIpc) is 2.44. The molecule has 1 atom stereocenters. The second-order valence-corrected chi connectivity index (χ2v) is 5.39. The van der Waals surface area contributed by atoms with Crippen LogP contribution in [0.25, 0.3) is 11.1 Å². The summed E-state index contributed by atoms with van der Waals surface area (Å²) in [6.45, 7) is 1.76. The van der Waals surface area contributed by atoms with Crippen LogP contribution in [0.3, 0.4) is 0 Å². The van der Waals surface area contributed by atoms with Gasteiger partial charge in [0.25, 0.3) is 0 Å². The Morgan fingerprint density at radius 2 is 1.62 bits per heavy atom. The minimum atomic E-state index is -4.21. The van der Waals surface area contributed by atoms with Gasteiger partial charge in [-0.15, -0.1) is 0 Å². The molecule has 0 fully saturated rings. The van der Waals surface area contributed by atoms with Crippen LogP contribution in [0, 0.1) is 0 Å². The van der Waals surface area contributed by atoms with E-state index >= 15 is 0 Å². The second-order valence-electron chi connectivity index (χ2n) is 4.98. The van der Waals surface area contributed by atoms with E-state index in [-0.39, 0.29) is 6.42 Å². The minimum absolute atomic E-state index is 0.106. The molecule has 1 unspecified atom stereocenters. The largest absolute Gasteiger partial charge is 0.395 e. The van der Waals surface area contributed by atoms with Crippen LogP contribution in [0.1, 0.15) is 31.2 Å². The van der Waals surface area contributed by atoms with E-state index in [4.69, 9.17) is 11.6 Å². The van der Waals surface area contributed by atoms with E-state index in [9.17, 15) is 13.2 Å². The van der Waals surface area contributed by atoms with Crippen LogP contribution in [0.2, 0.25) is 5.02 Å². The molecule has 0 heterocycles. The van der Waals surface area contributed by atoms with Crippen molar-refractivity contribution in [3.63, 3.8) is 0 Å². The van der Waals surface area contributed by atoms with E-state index in [0.29, 0.717) is 17.0 Å². The Balaban J connectivity index is 2.32. The van der Waals surface area contributed by atoms with E-state index in [2.05, 4.69) is 0 Å². The van der Waals surface area contributed by atoms with Crippen molar-refractivity contribution in [2.24, 2.45) is 0 Å². The molecule has 112 valence electrons. The lowest BCUT2D eigenvalue weighted by Gasteiger charge is -2.20. The number of rotatable bonds is 4. The van der Waals surface area contributed by atoms with Crippen molar-refractivity contribution in [3.8, 4) is 11.1 Å². The van der Waals surface area contributed by atoms with Gasteiger partial charge in [0.15, 0.2) is 0 Å². The van der Waals surface area contributed by atoms with E-state index in [1.807, 2.05) is 18.2 Å². The van der Waals surface area contributed by atoms with Crippen molar-refractivity contribution in [2.75, 3.05) is 0 Å². The van der Waals surface area contributed by atoms with E-state index in [1.165, 1.54) is 0 Å². The lowest BCUT2D eigenvalue weighted by atomic mass is 9.92. The zero-order chi connectivity index (χ0) is 15.5. The predicted octanol–water partition coefficient (Wildman–Crippen LogP) is 6.45. The second kappa shape index (κ2) is 6.52. The topological polar surface area (TPSA) is 0 Å². The fourth-order valence-corrected chi connectivity index (χ4v) is 2.64. The zero-order valence-electron chi connectivity index (χ0n) is 11.6. The van der Waals surface area contributed by atoms with Crippen molar-refractivity contribution < 1.29 is 13.2 Å². The number of hydrogen-bond donors (Lipinski definition) is 0. The highest BCUT2D eigenvalue weighted by Gasteiger charge is 2.39. The standard InChI is InChI=1S/C17H16ClF3/c1-2-5-15(17(19,20)21)13-10-8-12(9-11-13)14-6-3-4-7-16(14)18/h3-4,6-11,15H,2,5H2,1H3. The van der Waals surface area contributed by atoms with Crippen LogP contribution < -0.4 is 0 Å². The maximum atomic E-state index is 13.1.